The predicted molar refractivity (Wildman–Crippen MR) is 80.7 cm³/mol. The Balaban J connectivity index is 2.09. The van der Waals surface area contributed by atoms with Crippen molar-refractivity contribution in [2.45, 2.75) is 19.8 Å². The van der Waals surface area contributed by atoms with Crippen molar-refractivity contribution < 1.29 is 4.74 Å². The van der Waals surface area contributed by atoms with Crippen LogP contribution in [-0.4, -0.2) is 32.1 Å². The van der Waals surface area contributed by atoms with Gasteiger partial charge in [0, 0.05) is 37.4 Å². The van der Waals surface area contributed by atoms with Gasteiger partial charge in [-0.05, 0) is 37.7 Å². The number of hydrogen-bond acceptors (Lipinski definition) is 3. The molecule has 2 rings (SSSR count). The van der Waals surface area contributed by atoms with Crippen molar-refractivity contribution in [1.82, 2.24) is 0 Å². The summed E-state index contributed by atoms with van der Waals surface area (Å²) in [6.07, 6.45) is 2.25. The van der Waals surface area contributed by atoms with Crippen LogP contribution in [0.15, 0.2) is 30.3 Å². The quantitative estimate of drug-likeness (QED) is 0.821. The van der Waals surface area contributed by atoms with E-state index in [1.807, 2.05) is 0 Å². The fourth-order valence-electron chi connectivity index (χ4n) is 2.60. The van der Waals surface area contributed by atoms with Crippen LogP contribution in [0.5, 0.6) is 0 Å². The van der Waals surface area contributed by atoms with Crippen LogP contribution in [0.4, 0.5) is 5.69 Å². The summed E-state index contributed by atoms with van der Waals surface area (Å²) in [7, 11) is 0. The van der Waals surface area contributed by atoms with Crippen LogP contribution in [-0.2, 0) is 4.74 Å². The van der Waals surface area contributed by atoms with Gasteiger partial charge >= 0.3 is 0 Å². The van der Waals surface area contributed by atoms with E-state index in [0.717, 1.165) is 44.9 Å². The molecule has 1 fully saturated rings. The van der Waals surface area contributed by atoms with Crippen LogP contribution in [0.25, 0.3) is 0 Å². The first kappa shape index (κ1) is 13.8. The molecule has 0 spiro atoms. The average molecular weight is 265 g/mol. The second kappa shape index (κ2) is 6.48. The first-order valence-electron chi connectivity index (χ1n) is 6.78. The molecule has 0 atom stereocenters. The van der Waals surface area contributed by atoms with Gasteiger partial charge in [-0.2, -0.15) is 12.6 Å². The van der Waals surface area contributed by atoms with E-state index in [-0.39, 0.29) is 0 Å². The highest BCUT2D eigenvalue weighted by molar-refractivity contribution is 7.80. The average Bonchev–Trinajstić information content (AvgIpc) is 2.47. The third-order valence-corrected chi connectivity index (χ3v) is 4.59. The fourth-order valence-corrected chi connectivity index (χ4v) is 3.02. The molecule has 18 heavy (non-hydrogen) atoms. The van der Waals surface area contributed by atoms with Gasteiger partial charge < -0.3 is 9.64 Å². The molecular weight excluding hydrogens is 242 g/mol. The Bertz CT molecular complexity index is 349. The van der Waals surface area contributed by atoms with Crippen molar-refractivity contribution in [2.24, 2.45) is 5.41 Å². The van der Waals surface area contributed by atoms with Crippen LogP contribution < -0.4 is 4.90 Å². The number of ether oxygens (including phenoxy) is 1. The number of para-hydroxylation sites is 1. The van der Waals surface area contributed by atoms with Crippen LogP contribution in [0, 0.1) is 5.41 Å². The molecule has 1 aliphatic heterocycles. The third-order valence-electron chi connectivity index (χ3n) is 3.92. The Labute approximate surface area is 116 Å². The highest BCUT2D eigenvalue weighted by atomic mass is 32.1. The maximum atomic E-state index is 5.50. The van der Waals surface area contributed by atoms with E-state index in [1.54, 1.807) is 0 Å². The zero-order chi connectivity index (χ0) is 12.8. The smallest absolute Gasteiger partial charge is 0.0472 e. The Morgan fingerprint density at radius 3 is 2.44 bits per heavy atom. The minimum Gasteiger partial charge on any atom is -0.381 e. The number of nitrogens with zero attached hydrogens (tertiary/aromatic N) is 1. The van der Waals surface area contributed by atoms with Gasteiger partial charge in [0.2, 0.25) is 0 Å². The molecule has 2 nitrogen and oxygen atoms in total. The lowest BCUT2D eigenvalue weighted by atomic mass is 9.81. The monoisotopic (exact) mass is 265 g/mol. The summed E-state index contributed by atoms with van der Waals surface area (Å²) in [5, 5.41) is 0. The molecule has 0 saturated carbocycles. The highest BCUT2D eigenvalue weighted by Gasteiger charge is 2.33. The van der Waals surface area contributed by atoms with E-state index in [4.69, 9.17) is 4.74 Å². The van der Waals surface area contributed by atoms with Crippen molar-refractivity contribution in [3.8, 4) is 0 Å². The number of anilines is 1. The standard InChI is InChI=1S/C15H23NOS/c1-2-16(14-6-4-3-5-7-14)12-15(13-18)8-10-17-11-9-15/h3-7,18H,2,8-13H2,1H3. The second-order valence-electron chi connectivity index (χ2n) is 5.12. The Kier molecular flexibility index (Phi) is 4.95. The van der Waals surface area contributed by atoms with Gasteiger partial charge in [0.15, 0.2) is 0 Å². The zero-order valence-electron chi connectivity index (χ0n) is 11.1. The molecule has 0 N–H and O–H groups in total. The fraction of sp³-hybridized carbons (Fsp3) is 0.600. The Hall–Kier alpha value is -0.670. The van der Waals surface area contributed by atoms with Crippen molar-refractivity contribution in [2.75, 3.05) is 37.0 Å². The molecule has 100 valence electrons. The number of thiol groups is 1. The molecule has 1 heterocycles. The van der Waals surface area contributed by atoms with Gasteiger partial charge in [0.1, 0.15) is 0 Å². The minimum atomic E-state index is 0.313. The lowest BCUT2D eigenvalue weighted by Crippen LogP contribution is -2.43. The molecule has 0 unspecified atom stereocenters. The second-order valence-corrected chi connectivity index (χ2v) is 5.44. The maximum absolute atomic E-state index is 5.50. The summed E-state index contributed by atoms with van der Waals surface area (Å²) < 4.78 is 5.50. The Morgan fingerprint density at radius 2 is 1.89 bits per heavy atom. The molecule has 0 aromatic heterocycles. The van der Waals surface area contributed by atoms with Crippen LogP contribution in [0.1, 0.15) is 19.8 Å². The van der Waals surface area contributed by atoms with E-state index in [1.165, 1.54) is 5.69 Å². The topological polar surface area (TPSA) is 12.5 Å². The molecule has 1 saturated heterocycles. The molecule has 0 bridgehead atoms. The molecule has 0 amide bonds. The molecular formula is C15H23NOS. The predicted octanol–water partition coefficient (Wildman–Crippen LogP) is 3.24. The van der Waals surface area contributed by atoms with Gasteiger partial charge in [-0.3, -0.25) is 0 Å². The molecule has 0 aliphatic carbocycles. The lowest BCUT2D eigenvalue weighted by molar-refractivity contribution is 0.0297. The third kappa shape index (κ3) is 3.21. The van der Waals surface area contributed by atoms with E-state index in [0.29, 0.717) is 5.41 Å². The van der Waals surface area contributed by atoms with Gasteiger partial charge in [-0.15, -0.1) is 0 Å². The van der Waals surface area contributed by atoms with E-state index in [2.05, 4.69) is 54.8 Å². The van der Waals surface area contributed by atoms with Gasteiger partial charge in [-0.1, -0.05) is 18.2 Å². The van der Waals surface area contributed by atoms with E-state index in [9.17, 15) is 0 Å². The molecule has 3 heteroatoms. The SMILES string of the molecule is CCN(CC1(CS)CCOCC1)c1ccccc1. The van der Waals surface area contributed by atoms with E-state index < -0.39 is 0 Å². The summed E-state index contributed by atoms with van der Waals surface area (Å²) in [5.41, 5.74) is 1.63. The summed E-state index contributed by atoms with van der Waals surface area (Å²) in [5.74, 6) is 0.944. The number of rotatable bonds is 5. The summed E-state index contributed by atoms with van der Waals surface area (Å²) in [4.78, 5) is 2.46. The van der Waals surface area contributed by atoms with Gasteiger partial charge in [0.25, 0.3) is 0 Å². The van der Waals surface area contributed by atoms with Crippen molar-refractivity contribution in [1.29, 1.82) is 0 Å². The molecule has 1 aliphatic rings. The normalized spacial score (nSPS) is 18.6. The van der Waals surface area contributed by atoms with Crippen LogP contribution in [0.3, 0.4) is 0 Å². The van der Waals surface area contributed by atoms with E-state index >= 15 is 0 Å². The lowest BCUT2D eigenvalue weighted by Gasteiger charge is -2.40. The largest absolute Gasteiger partial charge is 0.381 e. The molecule has 1 aromatic carbocycles. The summed E-state index contributed by atoms with van der Waals surface area (Å²) >= 11 is 4.59. The van der Waals surface area contributed by atoms with Crippen molar-refractivity contribution >= 4 is 18.3 Å². The van der Waals surface area contributed by atoms with Gasteiger partial charge in [-0.25, -0.2) is 0 Å². The highest BCUT2D eigenvalue weighted by Crippen LogP contribution is 2.34. The minimum absolute atomic E-state index is 0.313. The first-order chi connectivity index (χ1) is 8.79. The molecule has 1 aromatic rings. The number of benzene rings is 1. The van der Waals surface area contributed by atoms with Crippen molar-refractivity contribution in [3.05, 3.63) is 30.3 Å². The number of hydrogen-bond donors (Lipinski definition) is 1. The van der Waals surface area contributed by atoms with Gasteiger partial charge in [0.05, 0.1) is 0 Å². The first-order valence-corrected chi connectivity index (χ1v) is 7.41. The zero-order valence-corrected chi connectivity index (χ0v) is 12.0. The van der Waals surface area contributed by atoms with Crippen LogP contribution in [0.2, 0.25) is 0 Å². The maximum Gasteiger partial charge on any atom is 0.0472 e. The summed E-state index contributed by atoms with van der Waals surface area (Å²) in [6, 6.07) is 10.7. The van der Waals surface area contributed by atoms with Crippen molar-refractivity contribution in [3.63, 3.8) is 0 Å². The van der Waals surface area contributed by atoms with Crippen LogP contribution >= 0.6 is 12.6 Å². The molecule has 0 radical (unpaired) electrons. The Morgan fingerprint density at radius 1 is 1.22 bits per heavy atom. The summed E-state index contributed by atoms with van der Waals surface area (Å²) in [6.45, 7) is 6.11.